The minimum atomic E-state index is -0.500. The van der Waals surface area contributed by atoms with E-state index in [4.69, 9.17) is 4.74 Å². The molecule has 0 fully saturated rings. The standard InChI is InChI=1S/C39H29N3O3/c1-2-45-39(44)30-18-21-35(22-19-30)42-36(28-12-5-3-6-13-28)25-32(37(42)29-14-7-4-8-15-29)23-33(26-40)38(43)41-34-20-17-27-11-9-10-16-31(27)24-34/h3-25H,2H2,1H3,(H,41,43). The minimum absolute atomic E-state index is 0.0326. The van der Waals surface area contributed by atoms with Gasteiger partial charge in [-0.1, -0.05) is 91.0 Å². The van der Waals surface area contributed by atoms with Crippen LogP contribution in [0.1, 0.15) is 22.8 Å². The molecule has 218 valence electrons. The quantitative estimate of drug-likeness (QED) is 0.110. The molecule has 0 radical (unpaired) electrons. The first-order valence-electron chi connectivity index (χ1n) is 14.6. The number of ether oxygens (including phenoxy) is 1. The summed E-state index contributed by atoms with van der Waals surface area (Å²) in [5.74, 6) is -0.887. The Balaban J connectivity index is 1.49. The lowest BCUT2D eigenvalue weighted by molar-refractivity contribution is -0.112. The molecule has 1 heterocycles. The molecule has 0 unspecified atom stereocenters. The average Bonchev–Trinajstić information content (AvgIpc) is 3.47. The highest BCUT2D eigenvalue weighted by Crippen LogP contribution is 2.37. The van der Waals surface area contributed by atoms with E-state index in [2.05, 4.69) is 16.0 Å². The lowest BCUT2D eigenvalue weighted by Gasteiger charge is -2.15. The number of benzene rings is 5. The number of nitriles is 1. The molecule has 6 rings (SSSR count). The fourth-order valence-corrected chi connectivity index (χ4v) is 5.35. The lowest BCUT2D eigenvalue weighted by atomic mass is 10.0. The molecule has 0 saturated carbocycles. The molecule has 1 amide bonds. The Labute approximate surface area is 261 Å². The average molecular weight is 588 g/mol. The van der Waals surface area contributed by atoms with Crippen LogP contribution in [0.4, 0.5) is 5.69 Å². The van der Waals surface area contributed by atoms with Gasteiger partial charge >= 0.3 is 5.97 Å². The number of amides is 1. The zero-order valence-corrected chi connectivity index (χ0v) is 24.6. The molecule has 0 saturated heterocycles. The van der Waals surface area contributed by atoms with Gasteiger partial charge in [0.15, 0.2) is 0 Å². The van der Waals surface area contributed by atoms with Gasteiger partial charge in [0, 0.05) is 16.9 Å². The Morgan fingerprint density at radius 3 is 2.09 bits per heavy atom. The Morgan fingerprint density at radius 1 is 0.778 bits per heavy atom. The molecule has 0 aliphatic carbocycles. The molecule has 0 aliphatic rings. The van der Waals surface area contributed by atoms with Crippen molar-refractivity contribution in [3.63, 3.8) is 0 Å². The van der Waals surface area contributed by atoms with E-state index < -0.39 is 5.91 Å². The number of carbonyl (C=O) groups excluding carboxylic acids is 2. The first-order chi connectivity index (χ1) is 22.1. The van der Waals surface area contributed by atoms with Gasteiger partial charge in [-0.3, -0.25) is 4.79 Å². The first kappa shape index (κ1) is 28.9. The van der Waals surface area contributed by atoms with Crippen molar-refractivity contribution in [3.8, 4) is 34.3 Å². The summed E-state index contributed by atoms with van der Waals surface area (Å²) in [6, 6.07) is 44.6. The molecular weight excluding hydrogens is 558 g/mol. The summed E-state index contributed by atoms with van der Waals surface area (Å²) >= 11 is 0. The number of carbonyl (C=O) groups is 2. The van der Waals surface area contributed by atoms with Crippen molar-refractivity contribution < 1.29 is 14.3 Å². The third-order valence-corrected chi connectivity index (χ3v) is 7.46. The van der Waals surface area contributed by atoms with Crippen molar-refractivity contribution in [2.24, 2.45) is 0 Å². The number of hydrogen-bond acceptors (Lipinski definition) is 4. The number of nitrogens with one attached hydrogen (secondary N) is 1. The van der Waals surface area contributed by atoms with Gasteiger partial charge in [0.05, 0.1) is 23.6 Å². The van der Waals surface area contributed by atoms with Gasteiger partial charge in [0.25, 0.3) is 5.91 Å². The fraction of sp³-hybridized carbons (Fsp3) is 0.0513. The highest BCUT2D eigenvalue weighted by Gasteiger charge is 2.21. The zero-order chi connectivity index (χ0) is 31.2. The molecule has 5 aromatic carbocycles. The molecule has 0 bridgehead atoms. The Kier molecular flexibility index (Phi) is 8.34. The summed E-state index contributed by atoms with van der Waals surface area (Å²) in [6.07, 6.45) is 1.63. The van der Waals surface area contributed by atoms with Crippen LogP contribution < -0.4 is 5.32 Å². The van der Waals surface area contributed by atoms with Gasteiger partial charge in [-0.2, -0.15) is 5.26 Å². The van der Waals surface area contributed by atoms with Gasteiger partial charge in [-0.15, -0.1) is 0 Å². The van der Waals surface area contributed by atoms with E-state index in [0.717, 1.165) is 39.0 Å². The summed E-state index contributed by atoms with van der Waals surface area (Å²) in [5, 5.41) is 15.1. The van der Waals surface area contributed by atoms with E-state index in [-0.39, 0.29) is 11.5 Å². The SMILES string of the molecule is CCOC(=O)c1ccc(-n2c(-c3ccccc3)cc(C=C(C#N)C(=O)Nc3ccc4ccccc4c3)c2-c2ccccc2)cc1. The van der Waals surface area contributed by atoms with Gasteiger partial charge in [0.1, 0.15) is 11.6 Å². The lowest BCUT2D eigenvalue weighted by Crippen LogP contribution is -2.13. The number of rotatable bonds is 8. The van der Waals surface area contributed by atoms with Crippen LogP contribution in [-0.2, 0) is 9.53 Å². The Morgan fingerprint density at radius 2 is 1.42 bits per heavy atom. The molecular formula is C39H29N3O3. The highest BCUT2D eigenvalue weighted by atomic mass is 16.5. The molecule has 6 nitrogen and oxygen atoms in total. The van der Waals surface area contributed by atoms with Crippen LogP contribution in [0.15, 0.2) is 139 Å². The van der Waals surface area contributed by atoms with Crippen LogP contribution in [-0.4, -0.2) is 23.1 Å². The minimum Gasteiger partial charge on any atom is -0.462 e. The zero-order valence-electron chi connectivity index (χ0n) is 24.6. The molecule has 6 aromatic rings. The second kappa shape index (κ2) is 13.0. The summed E-state index contributed by atoms with van der Waals surface area (Å²) in [6.45, 7) is 2.07. The van der Waals surface area contributed by atoms with E-state index in [9.17, 15) is 14.9 Å². The van der Waals surface area contributed by atoms with E-state index in [1.165, 1.54) is 0 Å². The van der Waals surface area contributed by atoms with E-state index in [1.807, 2.05) is 121 Å². The van der Waals surface area contributed by atoms with Crippen molar-refractivity contribution in [3.05, 3.63) is 150 Å². The largest absolute Gasteiger partial charge is 0.462 e. The monoisotopic (exact) mass is 587 g/mol. The van der Waals surface area contributed by atoms with Gasteiger partial charge in [-0.25, -0.2) is 4.79 Å². The van der Waals surface area contributed by atoms with Gasteiger partial charge in [-0.05, 0) is 77.4 Å². The van der Waals surface area contributed by atoms with Crippen LogP contribution in [0.5, 0.6) is 0 Å². The summed E-state index contributed by atoms with van der Waals surface area (Å²) in [7, 11) is 0. The summed E-state index contributed by atoms with van der Waals surface area (Å²) in [4.78, 5) is 25.8. The van der Waals surface area contributed by atoms with Crippen LogP contribution in [0.2, 0.25) is 0 Å². The van der Waals surface area contributed by atoms with Crippen molar-refractivity contribution in [1.82, 2.24) is 4.57 Å². The van der Waals surface area contributed by atoms with Crippen LogP contribution in [0, 0.1) is 11.3 Å². The second-order valence-corrected chi connectivity index (χ2v) is 10.4. The second-order valence-electron chi connectivity index (χ2n) is 10.4. The van der Waals surface area contributed by atoms with Gasteiger partial charge in [0.2, 0.25) is 0 Å². The number of hydrogen-bond donors (Lipinski definition) is 1. The number of anilines is 1. The van der Waals surface area contributed by atoms with Crippen molar-refractivity contribution >= 4 is 34.4 Å². The predicted octanol–water partition coefficient (Wildman–Crippen LogP) is 8.69. The topological polar surface area (TPSA) is 84.1 Å². The number of esters is 1. The number of fused-ring (bicyclic) bond motifs is 1. The summed E-state index contributed by atoms with van der Waals surface area (Å²) in [5.41, 5.74) is 6.02. The Hall–Kier alpha value is -6.19. The summed E-state index contributed by atoms with van der Waals surface area (Å²) < 4.78 is 7.27. The van der Waals surface area contributed by atoms with Gasteiger partial charge < -0.3 is 14.6 Å². The first-order valence-corrected chi connectivity index (χ1v) is 14.6. The van der Waals surface area contributed by atoms with E-state index in [1.54, 1.807) is 25.1 Å². The third kappa shape index (κ3) is 6.15. The normalized spacial score (nSPS) is 11.2. The maximum absolute atomic E-state index is 13.5. The van der Waals surface area contributed by atoms with Crippen molar-refractivity contribution in [2.45, 2.75) is 6.92 Å². The third-order valence-electron chi connectivity index (χ3n) is 7.46. The molecule has 0 aliphatic heterocycles. The molecule has 0 spiro atoms. The predicted molar refractivity (Wildman–Crippen MR) is 179 cm³/mol. The molecule has 0 atom stereocenters. The van der Waals surface area contributed by atoms with Crippen LogP contribution in [0.3, 0.4) is 0 Å². The van der Waals surface area contributed by atoms with Crippen molar-refractivity contribution in [2.75, 3.05) is 11.9 Å². The van der Waals surface area contributed by atoms with Crippen LogP contribution in [0.25, 0.3) is 45.1 Å². The van der Waals surface area contributed by atoms with Crippen LogP contribution >= 0.6 is 0 Å². The number of aromatic nitrogens is 1. The van der Waals surface area contributed by atoms with Crippen molar-refractivity contribution in [1.29, 1.82) is 5.26 Å². The fourth-order valence-electron chi connectivity index (χ4n) is 5.35. The maximum atomic E-state index is 13.5. The molecule has 1 N–H and O–H groups in total. The Bertz CT molecular complexity index is 2070. The molecule has 6 heteroatoms. The number of nitrogens with zero attached hydrogens (tertiary/aromatic N) is 2. The smallest absolute Gasteiger partial charge is 0.338 e. The van der Waals surface area contributed by atoms with E-state index in [0.29, 0.717) is 23.4 Å². The molecule has 45 heavy (non-hydrogen) atoms. The maximum Gasteiger partial charge on any atom is 0.338 e. The van der Waals surface area contributed by atoms with E-state index >= 15 is 0 Å². The molecule has 1 aromatic heterocycles. The highest BCUT2D eigenvalue weighted by molar-refractivity contribution is 6.11.